The van der Waals surface area contributed by atoms with E-state index in [2.05, 4.69) is 19.8 Å². The zero-order valence-corrected chi connectivity index (χ0v) is 16.6. The molecule has 0 aliphatic rings. The van der Waals surface area contributed by atoms with Gasteiger partial charge in [0, 0.05) is 14.2 Å². The van der Waals surface area contributed by atoms with E-state index in [-0.39, 0.29) is 33.2 Å². The Bertz CT molecular complexity index is 1090. The maximum Gasteiger partial charge on any atom is 0.264 e. The van der Waals surface area contributed by atoms with Gasteiger partial charge >= 0.3 is 0 Å². The van der Waals surface area contributed by atoms with Crippen LogP contribution in [0.4, 0.5) is 5.82 Å². The van der Waals surface area contributed by atoms with E-state index in [1.54, 1.807) is 7.05 Å². The van der Waals surface area contributed by atoms with Crippen LogP contribution in [-0.4, -0.2) is 48.5 Å². The van der Waals surface area contributed by atoms with E-state index in [0.717, 1.165) is 0 Å². The molecule has 0 spiro atoms. The van der Waals surface area contributed by atoms with E-state index < -0.39 is 10.0 Å². The van der Waals surface area contributed by atoms with Crippen molar-refractivity contribution >= 4 is 50.1 Å². The van der Waals surface area contributed by atoms with E-state index in [9.17, 15) is 8.42 Å². The van der Waals surface area contributed by atoms with Gasteiger partial charge in [-0.3, -0.25) is 4.72 Å². The molecule has 0 unspecified atom stereocenters. The third-order valence-corrected chi connectivity index (χ3v) is 5.86. The average Bonchev–Trinajstić information content (AvgIpc) is 2.94. The van der Waals surface area contributed by atoms with Gasteiger partial charge in [-0.2, -0.15) is 0 Å². The Morgan fingerprint density at radius 1 is 1.22 bits per heavy atom. The first-order valence-electron chi connectivity index (χ1n) is 7.61. The van der Waals surface area contributed by atoms with Crippen molar-refractivity contribution in [1.82, 2.24) is 19.7 Å². The fourth-order valence-corrected chi connectivity index (χ4v) is 4.11. The second-order valence-corrected chi connectivity index (χ2v) is 7.78. The highest BCUT2D eigenvalue weighted by Crippen LogP contribution is 2.33. The van der Waals surface area contributed by atoms with Crippen LogP contribution in [0.25, 0.3) is 11.0 Å². The summed E-state index contributed by atoms with van der Waals surface area (Å²) in [5.41, 5.74) is 0.396. The Kier molecular flexibility index (Phi) is 5.70. The van der Waals surface area contributed by atoms with E-state index >= 15 is 0 Å². The summed E-state index contributed by atoms with van der Waals surface area (Å²) in [5.74, 6) is 0.191. The summed E-state index contributed by atoms with van der Waals surface area (Å²) in [5, 5.41) is 4.57. The molecule has 0 amide bonds. The summed E-state index contributed by atoms with van der Waals surface area (Å²) < 4.78 is 40.0. The van der Waals surface area contributed by atoms with Gasteiger partial charge in [-0.1, -0.05) is 29.3 Å². The number of benzene rings is 1. The number of anilines is 1. The van der Waals surface area contributed by atoms with Crippen LogP contribution in [0.2, 0.25) is 10.0 Å². The zero-order chi connectivity index (χ0) is 19.6. The minimum absolute atomic E-state index is 0.0107. The summed E-state index contributed by atoms with van der Waals surface area (Å²) in [6.45, 7) is 0.564. The highest BCUT2D eigenvalue weighted by atomic mass is 35.5. The number of nitrogens with one attached hydrogen (secondary N) is 1. The number of aryl methyl sites for hydroxylation is 1. The second kappa shape index (κ2) is 7.85. The minimum atomic E-state index is -4.06. The van der Waals surface area contributed by atoms with Gasteiger partial charge in [0.1, 0.15) is 23.2 Å². The number of rotatable bonds is 7. The highest BCUT2D eigenvalue weighted by Gasteiger charge is 2.24. The van der Waals surface area contributed by atoms with Gasteiger partial charge in [-0.25, -0.2) is 23.1 Å². The molecular weight excluding hydrogens is 417 g/mol. The fraction of sp³-hybridized carbons (Fsp3) is 0.267. The third-order valence-electron chi connectivity index (χ3n) is 3.55. The number of fused-ring (bicyclic) bond motifs is 1. The van der Waals surface area contributed by atoms with Crippen LogP contribution >= 0.6 is 23.2 Å². The number of halogens is 2. The monoisotopic (exact) mass is 431 g/mol. The SMILES string of the molecule is COCCOc1nn(C)c2ncnc(NS(=O)(=O)c3cccc(Cl)c3Cl)c12. The van der Waals surface area contributed by atoms with Crippen LogP contribution in [0.1, 0.15) is 0 Å². The Morgan fingerprint density at radius 2 is 2.00 bits per heavy atom. The molecule has 0 fully saturated rings. The lowest BCUT2D eigenvalue weighted by Crippen LogP contribution is -2.15. The van der Waals surface area contributed by atoms with Crippen molar-refractivity contribution in [2.45, 2.75) is 4.90 Å². The quantitative estimate of drug-likeness (QED) is 0.572. The van der Waals surface area contributed by atoms with Gasteiger partial charge in [0.05, 0.1) is 16.7 Å². The van der Waals surface area contributed by atoms with Gasteiger partial charge in [0.2, 0.25) is 5.88 Å². The van der Waals surface area contributed by atoms with Crippen LogP contribution in [-0.2, 0) is 21.8 Å². The first-order valence-corrected chi connectivity index (χ1v) is 9.85. The first-order chi connectivity index (χ1) is 12.8. The summed E-state index contributed by atoms with van der Waals surface area (Å²) in [7, 11) is -0.868. The van der Waals surface area contributed by atoms with E-state index in [1.165, 1.54) is 36.3 Å². The third kappa shape index (κ3) is 3.93. The van der Waals surface area contributed by atoms with Gasteiger partial charge in [0.15, 0.2) is 11.5 Å². The standard InChI is InChI=1S/C15H15Cl2N5O4S/c1-22-14-11(15(20-22)26-7-6-25-2)13(18-8-19-14)21-27(23,24)10-5-3-4-9(16)12(10)17/h3-5,8H,6-7H2,1-2H3,(H,18,19,21). The van der Waals surface area contributed by atoms with Crippen molar-refractivity contribution in [2.24, 2.45) is 7.05 Å². The maximum atomic E-state index is 12.8. The molecule has 3 rings (SSSR count). The zero-order valence-electron chi connectivity index (χ0n) is 14.3. The van der Waals surface area contributed by atoms with Crippen molar-refractivity contribution in [2.75, 3.05) is 25.0 Å². The molecule has 0 saturated carbocycles. The van der Waals surface area contributed by atoms with Gasteiger partial charge in [-0.15, -0.1) is 5.10 Å². The smallest absolute Gasteiger partial charge is 0.264 e. The largest absolute Gasteiger partial charge is 0.474 e. The maximum absolute atomic E-state index is 12.8. The molecular formula is C15H15Cl2N5O4S. The van der Waals surface area contributed by atoms with Crippen LogP contribution in [0.15, 0.2) is 29.4 Å². The van der Waals surface area contributed by atoms with Crippen molar-refractivity contribution in [1.29, 1.82) is 0 Å². The predicted molar refractivity (Wildman–Crippen MR) is 101 cm³/mol. The van der Waals surface area contributed by atoms with Crippen LogP contribution in [0, 0.1) is 0 Å². The topological polar surface area (TPSA) is 108 Å². The van der Waals surface area contributed by atoms with Crippen molar-refractivity contribution in [3.05, 3.63) is 34.6 Å². The van der Waals surface area contributed by atoms with Gasteiger partial charge < -0.3 is 9.47 Å². The Hall–Kier alpha value is -2.14. The molecule has 0 aliphatic carbocycles. The number of sulfonamides is 1. The van der Waals surface area contributed by atoms with Gasteiger partial charge in [0.25, 0.3) is 10.0 Å². The van der Waals surface area contributed by atoms with Crippen molar-refractivity contribution in [3.8, 4) is 5.88 Å². The van der Waals surface area contributed by atoms with Crippen molar-refractivity contribution < 1.29 is 17.9 Å². The lowest BCUT2D eigenvalue weighted by Gasteiger charge is -2.10. The molecule has 0 bridgehead atoms. The molecule has 0 radical (unpaired) electrons. The van der Waals surface area contributed by atoms with E-state index in [0.29, 0.717) is 17.6 Å². The molecule has 1 N–H and O–H groups in total. The number of hydrogen-bond acceptors (Lipinski definition) is 7. The lowest BCUT2D eigenvalue weighted by atomic mass is 10.4. The molecule has 2 aromatic heterocycles. The molecule has 2 heterocycles. The number of nitrogens with zero attached hydrogens (tertiary/aromatic N) is 4. The molecule has 0 saturated heterocycles. The van der Waals surface area contributed by atoms with Crippen LogP contribution in [0.3, 0.4) is 0 Å². The minimum Gasteiger partial charge on any atom is -0.474 e. The molecule has 3 aromatic rings. The van der Waals surface area contributed by atoms with E-state index in [4.69, 9.17) is 32.7 Å². The summed E-state index contributed by atoms with van der Waals surface area (Å²) in [6, 6.07) is 4.32. The highest BCUT2D eigenvalue weighted by molar-refractivity contribution is 7.92. The second-order valence-electron chi connectivity index (χ2n) is 5.35. The summed E-state index contributed by atoms with van der Waals surface area (Å²) in [6.07, 6.45) is 1.22. The Balaban J connectivity index is 2.05. The summed E-state index contributed by atoms with van der Waals surface area (Å²) in [4.78, 5) is 7.98. The molecule has 9 nitrogen and oxygen atoms in total. The fourth-order valence-electron chi connectivity index (χ4n) is 2.33. The lowest BCUT2D eigenvalue weighted by molar-refractivity contribution is 0.144. The van der Waals surface area contributed by atoms with Crippen LogP contribution in [0.5, 0.6) is 5.88 Å². The van der Waals surface area contributed by atoms with Crippen LogP contribution < -0.4 is 9.46 Å². The normalized spacial score (nSPS) is 11.7. The average molecular weight is 432 g/mol. The predicted octanol–water partition coefficient (Wildman–Crippen LogP) is 2.50. The molecule has 1 aromatic carbocycles. The molecule has 12 heteroatoms. The molecule has 0 atom stereocenters. The van der Waals surface area contributed by atoms with E-state index in [1.807, 2.05) is 0 Å². The summed E-state index contributed by atoms with van der Waals surface area (Å²) >= 11 is 12.0. The molecule has 0 aliphatic heterocycles. The number of hydrogen-bond donors (Lipinski definition) is 1. The number of aromatic nitrogens is 4. The first kappa shape index (κ1) is 19.6. The Labute approximate surface area is 165 Å². The van der Waals surface area contributed by atoms with Gasteiger partial charge in [-0.05, 0) is 12.1 Å². The molecule has 27 heavy (non-hydrogen) atoms. The Morgan fingerprint density at radius 3 is 2.74 bits per heavy atom. The number of ether oxygens (including phenoxy) is 2. The molecule has 144 valence electrons. The number of methoxy groups -OCH3 is 1. The van der Waals surface area contributed by atoms with Crippen molar-refractivity contribution in [3.63, 3.8) is 0 Å².